The first-order chi connectivity index (χ1) is 4.70. The predicted molar refractivity (Wildman–Crippen MR) is 40.6 cm³/mol. The van der Waals surface area contributed by atoms with E-state index >= 15 is 0 Å². The maximum absolute atomic E-state index is 8.85. The van der Waals surface area contributed by atoms with E-state index in [9.17, 15) is 0 Å². The second-order valence-corrected chi connectivity index (χ2v) is 2.43. The highest BCUT2D eigenvalue weighted by molar-refractivity contribution is 6.30. The van der Waals surface area contributed by atoms with Crippen molar-refractivity contribution in [2.75, 3.05) is 0 Å². The molecule has 0 amide bonds. The molecule has 10 heavy (non-hydrogen) atoms. The van der Waals surface area contributed by atoms with Gasteiger partial charge >= 0.3 is 0 Å². The summed E-state index contributed by atoms with van der Waals surface area (Å²) in [4.78, 5) is 0. The summed E-state index contributed by atoms with van der Waals surface area (Å²) >= 11 is 5.59. The van der Waals surface area contributed by atoms with Crippen molar-refractivity contribution in [3.8, 4) is 0 Å². The first-order valence-corrected chi connectivity index (χ1v) is 3.27. The van der Waals surface area contributed by atoms with Gasteiger partial charge in [-0.05, 0) is 17.7 Å². The van der Waals surface area contributed by atoms with Gasteiger partial charge in [-0.3, -0.25) is 0 Å². The molecule has 0 heterocycles. The Morgan fingerprint density at radius 3 is 2.20 bits per heavy atom. The van der Waals surface area contributed by atoms with Crippen LogP contribution in [-0.4, -0.2) is 5.11 Å². The molecule has 0 aliphatic heterocycles. The van der Waals surface area contributed by atoms with Gasteiger partial charge in [0.15, 0.2) is 0 Å². The molecule has 3 heteroatoms. The lowest BCUT2D eigenvalue weighted by molar-refractivity contribution is 0.186. The number of aliphatic hydroxyl groups excluding tert-OH is 1. The van der Waals surface area contributed by atoms with Crippen LogP contribution < -0.4 is 5.73 Å². The number of nitrogens with two attached hydrogens (primary N) is 1. The summed E-state index contributed by atoms with van der Waals surface area (Å²) in [6, 6.07) is 6.75. The lowest BCUT2D eigenvalue weighted by atomic mass is 10.2. The summed E-state index contributed by atoms with van der Waals surface area (Å²) in [6.45, 7) is 0. The van der Waals surface area contributed by atoms with Gasteiger partial charge in [0, 0.05) is 5.02 Å². The Hall–Kier alpha value is -0.570. The van der Waals surface area contributed by atoms with E-state index in [0.29, 0.717) is 10.6 Å². The molecule has 3 N–H and O–H groups in total. The van der Waals surface area contributed by atoms with E-state index < -0.39 is 6.23 Å². The third-order valence-corrected chi connectivity index (χ3v) is 1.46. The minimum atomic E-state index is -0.905. The van der Waals surface area contributed by atoms with E-state index in [1.165, 1.54) is 0 Å². The van der Waals surface area contributed by atoms with E-state index in [1.807, 2.05) is 0 Å². The minimum Gasteiger partial charge on any atom is -0.375 e. The maximum atomic E-state index is 8.85. The van der Waals surface area contributed by atoms with Gasteiger partial charge in [0.2, 0.25) is 0 Å². The van der Waals surface area contributed by atoms with Crippen LogP contribution in [0.25, 0.3) is 0 Å². The molecule has 0 saturated carbocycles. The standard InChI is InChI=1S/C7H8ClNO/c8-6-3-1-5(2-4-6)7(9)10/h1-4,7,10H,9H2. The van der Waals surface area contributed by atoms with Crippen LogP contribution in [0.3, 0.4) is 0 Å². The highest BCUT2D eigenvalue weighted by Crippen LogP contribution is 2.12. The Morgan fingerprint density at radius 1 is 1.30 bits per heavy atom. The predicted octanol–water partition coefficient (Wildman–Crippen LogP) is 1.29. The van der Waals surface area contributed by atoms with Crippen LogP contribution >= 0.6 is 11.6 Å². The third-order valence-electron chi connectivity index (χ3n) is 1.21. The molecule has 0 aromatic heterocycles. The van der Waals surface area contributed by atoms with Crippen LogP contribution in [0.2, 0.25) is 5.02 Å². The number of aliphatic hydroxyl groups is 1. The van der Waals surface area contributed by atoms with E-state index in [4.69, 9.17) is 22.4 Å². The zero-order valence-corrected chi connectivity index (χ0v) is 6.05. The van der Waals surface area contributed by atoms with Crippen molar-refractivity contribution in [2.24, 2.45) is 5.73 Å². The molecule has 0 radical (unpaired) electrons. The van der Waals surface area contributed by atoms with Crippen LogP contribution in [0.15, 0.2) is 24.3 Å². The summed E-state index contributed by atoms with van der Waals surface area (Å²) < 4.78 is 0. The maximum Gasteiger partial charge on any atom is 0.128 e. The SMILES string of the molecule is NC(O)c1ccc(Cl)cc1. The largest absolute Gasteiger partial charge is 0.375 e. The third kappa shape index (κ3) is 1.70. The number of hydrogen-bond acceptors (Lipinski definition) is 2. The van der Waals surface area contributed by atoms with Gasteiger partial charge in [-0.15, -0.1) is 0 Å². The number of hydrogen-bond donors (Lipinski definition) is 2. The molecule has 0 bridgehead atoms. The quantitative estimate of drug-likeness (QED) is 0.604. The second-order valence-electron chi connectivity index (χ2n) is 2.00. The van der Waals surface area contributed by atoms with Gasteiger partial charge in [0.25, 0.3) is 0 Å². The van der Waals surface area contributed by atoms with Gasteiger partial charge < -0.3 is 10.8 Å². The fourth-order valence-corrected chi connectivity index (χ4v) is 0.786. The van der Waals surface area contributed by atoms with Crippen molar-refractivity contribution in [1.29, 1.82) is 0 Å². The van der Waals surface area contributed by atoms with Crippen molar-refractivity contribution < 1.29 is 5.11 Å². The summed E-state index contributed by atoms with van der Waals surface area (Å²) in [6.07, 6.45) is -0.905. The van der Waals surface area contributed by atoms with Crippen LogP contribution in [-0.2, 0) is 0 Å². The molecular weight excluding hydrogens is 150 g/mol. The molecular formula is C7H8ClNO. The van der Waals surface area contributed by atoms with Crippen molar-refractivity contribution in [3.05, 3.63) is 34.9 Å². The Kier molecular flexibility index (Phi) is 2.27. The highest BCUT2D eigenvalue weighted by Gasteiger charge is 1.97. The summed E-state index contributed by atoms with van der Waals surface area (Å²) in [7, 11) is 0. The van der Waals surface area contributed by atoms with Gasteiger partial charge in [-0.25, -0.2) is 0 Å². The Balaban J connectivity index is 2.89. The molecule has 0 spiro atoms. The van der Waals surface area contributed by atoms with Crippen LogP contribution in [0.1, 0.15) is 11.8 Å². The Bertz CT molecular complexity index is 207. The number of rotatable bonds is 1. The lowest BCUT2D eigenvalue weighted by Crippen LogP contribution is -2.07. The molecule has 0 fully saturated rings. The molecule has 1 aromatic carbocycles. The molecule has 0 aliphatic carbocycles. The van der Waals surface area contributed by atoms with Gasteiger partial charge in [0.05, 0.1) is 0 Å². The first-order valence-electron chi connectivity index (χ1n) is 2.89. The van der Waals surface area contributed by atoms with Crippen molar-refractivity contribution in [1.82, 2.24) is 0 Å². The topological polar surface area (TPSA) is 46.2 Å². The number of halogens is 1. The van der Waals surface area contributed by atoms with E-state index in [0.717, 1.165) is 0 Å². The lowest BCUT2D eigenvalue weighted by Gasteiger charge is -2.02. The van der Waals surface area contributed by atoms with Crippen molar-refractivity contribution in [2.45, 2.75) is 6.23 Å². The monoisotopic (exact) mass is 157 g/mol. The smallest absolute Gasteiger partial charge is 0.128 e. The van der Waals surface area contributed by atoms with Crippen LogP contribution in [0.4, 0.5) is 0 Å². The molecule has 1 atom stereocenters. The molecule has 0 aliphatic rings. The molecule has 1 rings (SSSR count). The summed E-state index contributed by atoms with van der Waals surface area (Å²) in [5.41, 5.74) is 5.85. The Morgan fingerprint density at radius 2 is 1.80 bits per heavy atom. The highest BCUT2D eigenvalue weighted by atomic mass is 35.5. The molecule has 1 aromatic rings. The molecule has 0 saturated heterocycles. The van der Waals surface area contributed by atoms with Crippen LogP contribution in [0.5, 0.6) is 0 Å². The summed E-state index contributed by atoms with van der Waals surface area (Å²) in [5.74, 6) is 0. The van der Waals surface area contributed by atoms with Crippen molar-refractivity contribution >= 4 is 11.6 Å². The normalized spacial score (nSPS) is 13.1. The number of benzene rings is 1. The van der Waals surface area contributed by atoms with Gasteiger partial charge in [0.1, 0.15) is 6.23 Å². The average molecular weight is 158 g/mol. The minimum absolute atomic E-state index is 0.643. The van der Waals surface area contributed by atoms with Crippen molar-refractivity contribution in [3.63, 3.8) is 0 Å². The summed E-state index contributed by atoms with van der Waals surface area (Å²) in [5, 5.41) is 9.49. The first kappa shape index (κ1) is 7.54. The molecule has 54 valence electrons. The zero-order chi connectivity index (χ0) is 7.56. The van der Waals surface area contributed by atoms with Crippen LogP contribution in [0, 0.1) is 0 Å². The zero-order valence-electron chi connectivity index (χ0n) is 5.29. The Labute approximate surface area is 64.2 Å². The fraction of sp³-hybridized carbons (Fsp3) is 0.143. The van der Waals surface area contributed by atoms with Gasteiger partial charge in [-0.1, -0.05) is 23.7 Å². The fourth-order valence-electron chi connectivity index (χ4n) is 0.660. The van der Waals surface area contributed by atoms with E-state index in [2.05, 4.69) is 0 Å². The molecule has 1 unspecified atom stereocenters. The van der Waals surface area contributed by atoms with E-state index in [1.54, 1.807) is 24.3 Å². The second kappa shape index (κ2) is 3.01. The molecule has 2 nitrogen and oxygen atoms in total. The van der Waals surface area contributed by atoms with Gasteiger partial charge in [-0.2, -0.15) is 0 Å². The average Bonchev–Trinajstić information content (AvgIpc) is 1.88. The van der Waals surface area contributed by atoms with E-state index in [-0.39, 0.29) is 0 Å².